The fraction of sp³-hybridized carbons (Fsp3) is 0.231. The number of carbonyl (C=O) groups excluding carboxylic acids is 3. The maximum absolute atomic E-state index is 12.7. The zero-order valence-electron chi connectivity index (χ0n) is 21.6. The predicted octanol–water partition coefficient (Wildman–Crippen LogP) is 1.61. The second-order valence-electron chi connectivity index (χ2n) is 8.42. The van der Waals surface area contributed by atoms with E-state index < -0.39 is 22.1 Å². The molecule has 210 valence electrons. The minimum absolute atomic E-state index is 0.171. The van der Waals surface area contributed by atoms with Crippen molar-refractivity contribution in [2.24, 2.45) is 5.10 Å². The summed E-state index contributed by atoms with van der Waals surface area (Å²) in [6.07, 6.45) is 5.57. The molecule has 0 fully saturated rings. The highest BCUT2D eigenvalue weighted by atomic mass is 32.2. The Morgan fingerprint density at radius 1 is 1.00 bits per heavy atom. The lowest BCUT2D eigenvalue weighted by Crippen LogP contribution is -2.45. The molecular formula is C26H29N7O6S. The number of aromatic nitrogens is 2. The van der Waals surface area contributed by atoms with Gasteiger partial charge in [-0.1, -0.05) is 24.3 Å². The van der Waals surface area contributed by atoms with E-state index in [0.29, 0.717) is 31.5 Å². The Labute approximate surface area is 231 Å². The van der Waals surface area contributed by atoms with Crippen LogP contribution in [0.3, 0.4) is 0 Å². The van der Waals surface area contributed by atoms with Crippen LogP contribution in [0.25, 0.3) is 0 Å². The second kappa shape index (κ2) is 14.5. The maximum Gasteiger partial charge on any atom is 0.295 e. The molecule has 3 rings (SSSR count). The van der Waals surface area contributed by atoms with Crippen LogP contribution in [0.5, 0.6) is 0 Å². The van der Waals surface area contributed by atoms with Crippen LogP contribution in [0.4, 0.5) is 5.82 Å². The Bertz CT molecular complexity index is 1450. The number of hydrogen-bond acceptors (Lipinski definition) is 9. The summed E-state index contributed by atoms with van der Waals surface area (Å²) in [6, 6.07) is 13.0. The van der Waals surface area contributed by atoms with Crippen LogP contribution in [0.15, 0.2) is 77.0 Å². The lowest BCUT2D eigenvalue weighted by Gasteiger charge is -2.17. The smallest absolute Gasteiger partial charge is 0.295 e. The molecular weight excluding hydrogens is 538 g/mol. The topological polar surface area (TPSA) is 192 Å². The van der Waals surface area contributed by atoms with Crippen LogP contribution in [0.1, 0.15) is 45.7 Å². The third-order valence-corrected chi connectivity index (χ3v) is 6.50. The van der Waals surface area contributed by atoms with Crippen molar-refractivity contribution in [1.82, 2.24) is 25.9 Å². The third-order valence-electron chi connectivity index (χ3n) is 5.58. The van der Waals surface area contributed by atoms with Crippen LogP contribution < -0.4 is 21.4 Å². The third kappa shape index (κ3) is 8.96. The van der Waals surface area contributed by atoms with Crippen LogP contribution >= 0.6 is 0 Å². The number of nitrogens with zero attached hydrogens (tertiary/aromatic N) is 3. The summed E-state index contributed by atoms with van der Waals surface area (Å²) >= 11 is 0. The Morgan fingerprint density at radius 3 is 2.45 bits per heavy atom. The molecule has 0 bridgehead atoms. The molecule has 0 aliphatic rings. The molecule has 0 saturated heterocycles. The summed E-state index contributed by atoms with van der Waals surface area (Å²) in [4.78, 5) is 44.9. The van der Waals surface area contributed by atoms with E-state index in [9.17, 15) is 27.4 Å². The first-order valence-corrected chi connectivity index (χ1v) is 13.7. The number of pyridine rings is 2. The molecule has 40 heavy (non-hydrogen) atoms. The zero-order chi connectivity index (χ0) is 29.0. The molecule has 1 unspecified atom stereocenters. The van der Waals surface area contributed by atoms with Gasteiger partial charge in [0.15, 0.2) is 0 Å². The quantitative estimate of drug-likeness (QED) is 0.0883. The number of amides is 3. The number of unbranched alkanes of at least 4 members (excludes halogenated alkanes) is 1. The Kier molecular flexibility index (Phi) is 10.8. The van der Waals surface area contributed by atoms with Crippen molar-refractivity contribution in [3.8, 4) is 0 Å². The Hall–Kier alpha value is -4.69. The standard InChI is InChI=1S/C26H29N7O6S/c1-27-25(35)21(10-5-7-15-29-26(36)20-9-4-6-14-28-20)32-24(34)19-12-13-23(30-16-19)33-31-17-18-8-2-3-11-22(18)40(37,38)39/h2-4,6,8-9,11-14,16-17,21H,5,7,10,15H2,1H3,(H,27,35)(H,29,36)(H,30,33)(H,32,34)(H,37,38,39). The van der Waals surface area contributed by atoms with E-state index in [4.69, 9.17) is 0 Å². The van der Waals surface area contributed by atoms with Gasteiger partial charge >= 0.3 is 0 Å². The molecule has 2 aromatic heterocycles. The molecule has 0 saturated carbocycles. The first kappa shape index (κ1) is 29.9. The summed E-state index contributed by atoms with van der Waals surface area (Å²) in [5.74, 6) is -0.859. The van der Waals surface area contributed by atoms with Gasteiger partial charge in [-0.25, -0.2) is 4.98 Å². The van der Waals surface area contributed by atoms with E-state index >= 15 is 0 Å². The van der Waals surface area contributed by atoms with E-state index in [1.807, 2.05) is 0 Å². The summed E-state index contributed by atoms with van der Waals surface area (Å²) in [6.45, 7) is 0.395. The average Bonchev–Trinajstić information content (AvgIpc) is 2.96. The molecule has 14 heteroatoms. The van der Waals surface area contributed by atoms with Crippen molar-refractivity contribution in [3.05, 3.63) is 83.8 Å². The van der Waals surface area contributed by atoms with E-state index in [-0.39, 0.29) is 33.7 Å². The first-order valence-electron chi connectivity index (χ1n) is 12.2. The molecule has 1 aromatic carbocycles. The van der Waals surface area contributed by atoms with Gasteiger partial charge in [-0.15, -0.1) is 0 Å². The highest BCUT2D eigenvalue weighted by Crippen LogP contribution is 2.13. The normalized spacial score (nSPS) is 11.9. The van der Waals surface area contributed by atoms with Crippen molar-refractivity contribution < 1.29 is 27.4 Å². The van der Waals surface area contributed by atoms with Crippen LogP contribution in [0.2, 0.25) is 0 Å². The number of benzene rings is 1. The minimum Gasteiger partial charge on any atom is -0.357 e. The fourth-order valence-corrected chi connectivity index (χ4v) is 4.20. The van der Waals surface area contributed by atoms with Gasteiger partial charge in [-0.05, 0) is 49.6 Å². The van der Waals surface area contributed by atoms with Crippen molar-refractivity contribution in [2.45, 2.75) is 30.2 Å². The molecule has 0 radical (unpaired) electrons. The predicted molar refractivity (Wildman–Crippen MR) is 147 cm³/mol. The number of rotatable bonds is 13. The lowest BCUT2D eigenvalue weighted by atomic mass is 10.1. The largest absolute Gasteiger partial charge is 0.357 e. The maximum atomic E-state index is 12.7. The number of carbonyl (C=O) groups is 3. The average molecular weight is 568 g/mol. The number of nitrogens with one attached hydrogen (secondary N) is 4. The van der Waals surface area contributed by atoms with E-state index in [1.165, 1.54) is 56.0 Å². The monoisotopic (exact) mass is 567 g/mol. The first-order chi connectivity index (χ1) is 19.2. The van der Waals surface area contributed by atoms with Gasteiger partial charge in [0, 0.05) is 31.5 Å². The van der Waals surface area contributed by atoms with Crippen LogP contribution in [0, 0.1) is 0 Å². The summed E-state index contributed by atoms with van der Waals surface area (Å²) in [7, 11) is -2.93. The molecule has 0 spiro atoms. The Morgan fingerprint density at radius 2 is 1.77 bits per heavy atom. The molecule has 13 nitrogen and oxygen atoms in total. The summed E-state index contributed by atoms with van der Waals surface area (Å²) in [5.41, 5.74) is 3.32. The van der Waals surface area contributed by atoms with Crippen LogP contribution in [-0.2, 0) is 14.9 Å². The fourth-order valence-electron chi connectivity index (χ4n) is 3.53. The molecule has 2 heterocycles. The van der Waals surface area contributed by atoms with Crippen molar-refractivity contribution in [1.29, 1.82) is 0 Å². The molecule has 5 N–H and O–H groups in total. The highest BCUT2D eigenvalue weighted by molar-refractivity contribution is 7.86. The molecule has 0 aliphatic heterocycles. The van der Waals surface area contributed by atoms with E-state index in [2.05, 4.69) is 36.4 Å². The van der Waals surface area contributed by atoms with E-state index in [1.54, 1.807) is 24.3 Å². The van der Waals surface area contributed by atoms with Crippen LogP contribution in [-0.4, -0.2) is 66.5 Å². The minimum atomic E-state index is -4.41. The SMILES string of the molecule is CNC(=O)C(CCCCNC(=O)c1ccccn1)NC(=O)c1ccc(NN=Cc2ccccc2S(=O)(=O)O)nc1. The van der Waals surface area contributed by atoms with Crippen molar-refractivity contribution >= 4 is 39.9 Å². The summed E-state index contributed by atoms with van der Waals surface area (Å²) < 4.78 is 32.2. The molecule has 0 aliphatic carbocycles. The van der Waals surface area contributed by atoms with Gasteiger partial charge in [0.25, 0.3) is 21.9 Å². The van der Waals surface area contributed by atoms with Crippen molar-refractivity contribution in [2.75, 3.05) is 19.0 Å². The lowest BCUT2D eigenvalue weighted by molar-refractivity contribution is -0.122. The van der Waals surface area contributed by atoms with Gasteiger partial charge in [0.1, 0.15) is 22.4 Å². The number of likely N-dealkylation sites (N-methyl/N-ethyl adjacent to an activating group) is 1. The van der Waals surface area contributed by atoms with Gasteiger partial charge in [0.2, 0.25) is 5.91 Å². The van der Waals surface area contributed by atoms with Gasteiger partial charge in [-0.2, -0.15) is 13.5 Å². The summed E-state index contributed by atoms with van der Waals surface area (Å²) in [5, 5.41) is 11.9. The van der Waals surface area contributed by atoms with Crippen molar-refractivity contribution in [3.63, 3.8) is 0 Å². The number of anilines is 1. The van der Waals surface area contributed by atoms with Gasteiger partial charge in [-0.3, -0.25) is 29.3 Å². The van der Waals surface area contributed by atoms with E-state index in [0.717, 1.165) is 0 Å². The number of hydrogen-bond donors (Lipinski definition) is 5. The highest BCUT2D eigenvalue weighted by Gasteiger charge is 2.20. The number of hydrazone groups is 1. The zero-order valence-corrected chi connectivity index (χ0v) is 22.4. The van der Waals surface area contributed by atoms with Gasteiger partial charge in [0.05, 0.1) is 11.8 Å². The molecule has 3 amide bonds. The van der Waals surface area contributed by atoms with Gasteiger partial charge < -0.3 is 16.0 Å². The molecule has 3 aromatic rings. The second-order valence-corrected chi connectivity index (χ2v) is 9.81. The Balaban J connectivity index is 1.50. The molecule has 1 atom stereocenters.